The monoisotopic (exact) mass is 281 g/mol. The van der Waals surface area contributed by atoms with Gasteiger partial charge in [-0.05, 0) is 43.2 Å². The average molecular weight is 281 g/mol. The fourth-order valence-electron chi connectivity index (χ4n) is 2.10. The van der Waals surface area contributed by atoms with E-state index in [1.807, 2.05) is 49.4 Å². The molecule has 3 nitrogen and oxygen atoms in total. The van der Waals surface area contributed by atoms with E-state index in [4.69, 9.17) is 4.74 Å². The fraction of sp³-hybridized carbons (Fsp3) is 0.167. The van der Waals surface area contributed by atoms with E-state index in [1.165, 1.54) is 11.6 Å². The first-order chi connectivity index (χ1) is 10.1. The number of aryl methyl sites for hydroxylation is 2. The maximum Gasteiger partial charge on any atom is 0.248 e. The van der Waals surface area contributed by atoms with Crippen LogP contribution >= 0.6 is 0 Å². The minimum Gasteiger partial charge on any atom is -0.495 e. The number of nitrogens with one attached hydrogen (secondary N) is 1. The second-order valence-electron chi connectivity index (χ2n) is 4.88. The standard InChI is InChI=1S/C18H19NO2/c1-13-8-9-15(14(2)12-13)10-11-18(20)19-16-6-4-5-7-17(16)21-3/h4-12H,1-3H3,(H,19,20)/b11-10+. The molecule has 0 aromatic heterocycles. The molecular formula is C18H19NO2. The highest BCUT2D eigenvalue weighted by Gasteiger charge is 2.04. The number of hydrogen-bond donors (Lipinski definition) is 1. The number of methoxy groups -OCH3 is 1. The number of anilines is 1. The lowest BCUT2D eigenvalue weighted by molar-refractivity contribution is -0.111. The van der Waals surface area contributed by atoms with Crippen molar-refractivity contribution in [1.82, 2.24) is 0 Å². The molecule has 0 aliphatic carbocycles. The lowest BCUT2D eigenvalue weighted by Gasteiger charge is -2.08. The summed E-state index contributed by atoms with van der Waals surface area (Å²) in [5.74, 6) is 0.463. The van der Waals surface area contributed by atoms with E-state index in [9.17, 15) is 4.79 Å². The van der Waals surface area contributed by atoms with Crippen molar-refractivity contribution in [2.75, 3.05) is 12.4 Å². The van der Waals surface area contributed by atoms with Gasteiger partial charge in [-0.1, -0.05) is 35.9 Å². The Labute approximate surface area is 125 Å². The number of carbonyl (C=O) groups excluding carboxylic acids is 1. The number of carbonyl (C=O) groups is 1. The Morgan fingerprint density at radius 2 is 1.90 bits per heavy atom. The van der Waals surface area contributed by atoms with Crippen molar-refractivity contribution in [1.29, 1.82) is 0 Å². The van der Waals surface area contributed by atoms with Gasteiger partial charge in [-0.15, -0.1) is 0 Å². The second kappa shape index (κ2) is 6.75. The van der Waals surface area contributed by atoms with Crippen LogP contribution in [0.3, 0.4) is 0 Å². The van der Waals surface area contributed by atoms with Crippen molar-refractivity contribution in [2.24, 2.45) is 0 Å². The van der Waals surface area contributed by atoms with E-state index in [0.717, 1.165) is 11.1 Å². The van der Waals surface area contributed by atoms with Crippen LogP contribution in [0.5, 0.6) is 5.75 Å². The lowest BCUT2D eigenvalue weighted by atomic mass is 10.1. The summed E-state index contributed by atoms with van der Waals surface area (Å²) in [5, 5.41) is 2.81. The van der Waals surface area contributed by atoms with E-state index in [2.05, 4.69) is 18.3 Å². The molecule has 0 unspecified atom stereocenters. The van der Waals surface area contributed by atoms with Crippen LogP contribution in [0.25, 0.3) is 6.08 Å². The van der Waals surface area contributed by atoms with Crippen molar-refractivity contribution in [3.8, 4) is 5.75 Å². The molecule has 0 saturated heterocycles. The van der Waals surface area contributed by atoms with Gasteiger partial charge in [0.1, 0.15) is 5.75 Å². The molecule has 3 heteroatoms. The van der Waals surface area contributed by atoms with Gasteiger partial charge in [-0.2, -0.15) is 0 Å². The number of rotatable bonds is 4. The predicted molar refractivity (Wildman–Crippen MR) is 86.6 cm³/mol. The first-order valence-corrected chi connectivity index (χ1v) is 6.79. The van der Waals surface area contributed by atoms with Crippen LogP contribution in [-0.4, -0.2) is 13.0 Å². The van der Waals surface area contributed by atoms with Crippen LogP contribution in [0.1, 0.15) is 16.7 Å². The van der Waals surface area contributed by atoms with Crippen molar-refractivity contribution in [3.63, 3.8) is 0 Å². The van der Waals surface area contributed by atoms with Crippen LogP contribution in [0, 0.1) is 13.8 Å². The molecule has 0 heterocycles. The molecular weight excluding hydrogens is 262 g/mol. The number of hydrogen-bond acceptors (Lipinski definition) is 2. The van der Waals surface area contributed by atoms with Crippen LogP contribution in [0.15, 0.2) is 48.5 Å². The first-order valence-electron chi connectivity index (χ1n) is 6.79. The molecule has 0 spiro atoms. The van der Waals surface area contributed by atoms with E-state index in [0.29, 0.717) is 11.4 Å². The molecule has 1 N–H and O–H groups in total. The third-order valence-electron chi connectivity index (χ3n) is 3.20. The number of ether oxygens (including phenoxy) is 1. The minimum atomic E-state index is -0.181. The highest BCUT2D eigenvalue weighted by molar-refractivity contribution is 6.02. The van der Waals surface area contributed by atoms with Gasteiger partial charge in [0.2, 0.25) is 5.91 Å². The lowest BCUT2D eigenvalue weighted by Crippen LogP contribution is -2.08. The summed E-state index contributed by atoms with van der Waals surface area (Å²) in [6.45, 7) is 4.08. The van der Waals surface area contributed by atoms with Gasteiger partial charge < -0.3 is 10.1 Å². The zero-order valence-electron chi connectivity index (χ0n) is 12.5. The third-order valence-corrected chi connectivity index (χ3v) is 3.20. The molecule has 0 atom stereocenters. The van der Waals surface area contributed by atoms with Crippen molar-refractivity contribution < 1.29 is 9.53 Å². The quantitative estimate of drug-likeness (QED) is 0.861. The summed E-state index contributed by atoms with van der Waals surface area (Å²) >= 11 is 0. The van der Waals surface area contributed by atoms with Crippen molar-refractivity contribution in [3.05, 3.63) is 65.2 Å². The molecule has 0 aliphatic heterocycles. The van der Waals surface area contributed by atoms with Gasteiger partial charge >= 0.3 is 0 Å². The number of benzene rings is 2. The van der Waals surface area contributed by atoms with Crippen LogP contribution in [0.4, 0.5) is 5.69 Å². The largest absolute Gasteiger partial charge is 0.495 e. The molecule has 0 bridgehead atoms. The summed E-state index contributed by atoms with van der Waals surface area (Å²) < 4.78 is 5.20. The van der Waals surface area contributed by atoms with Gasteiger partial charge in [0, 0.05) is 6.08 Å². The zero-order valence-corrected chi connectivity index (χ0v) is 12.5. The van der Waals surface area contributed by atoms with Crippen molar-refractivity contribution in [2.45, 2.75) is 13.8 Å². The average Bonchev–Trinajstić information content (AvgIpc) is 2.47. The van der Waals surface area contributed by atoms with E-state index < -0.39 is 0 Å². The minimum absolute atomic E-state index is 0.181. The molecule has 2 aromatic rings. The molecule has 0 fully saturated rings. The second-order valence-corrected chi connectivity index (χ2v) is 4.88. The molecule has 0 saturated carbocycles. The van der Waals surface area contributed by atoms with Gasteiger partial charge in [0.25, 0.3) is 0 Å². The molecule has 0 radical (unpaired) electrons. The Morgan fingerprint density at radius 1 is 1.14 bits per heavy atom. The van der Waals surface area contributed by atoms with Crippen molar-refractivity contribution >= 4 is 17.7 Å². The molecule has 21 heavy (non-hydrogen) atoms. The Balaban J connectivity index is 2.09. The first kappa shape index (κ1) is 14.9. The summed E-state index contributed by atoms with van der Waals surface area (Å²) in [6, 6.07) is 13.5. The van der Waals surface area contributed by atoms with E-state index in [-0.39, 0.29) is 5.91 Å². The number of amides is 1. The van der Waals surface area contributed by atoms with Gasteiger partial charge in [-0.25, -0.2) is 0 Å². The molecule has 2 aromatic carbocycles. The fourth-order valence-corrected chi connectivity index (χ4v) is 2.10. The third kappa shape index (κ3) is 3.96. The molecule has 1 amide bonds. The predicted octanol–water partition coefficient (Wildman–Crippen LogP) is 3.96. The van der Waals surface area contributed by atoms with Gasteiger partial charge in [-0.3, -0.25) is 4.79 Å². The Morgan fingerprint density at radius 3 is 2.62 bits per heavy atom. The zero-order chi connectivity index (χ0) is 15.2. The topological polar surface area (TPSA) is 38.3 Å². The SMILES string of the molecule is COc1ccccc1NC(=O)/C=C/c1ccc(C)cc1C. The Hall–Kier alpha value is -2.55. The highest BCUT2D eigenvalue weighted by Crippen LogP contribution is 2.23. The smallest absolute Gasteiger partial charge is 0.248 e. The summed E-state index contributed by atoms with van der Waals surface area (Å²) in [6.07, 6.45) is 3.35. The Bertz CT molecular complexity index is 675. The summed E-state index contributed by atoms with van der Waals surface area (Å²) in [7, 11) is 1.58. The van der Waals surface area contributed by atoms with Crippen LogP contribution < -0.4 is 10.1 Å². The Kier molecular flexibility index (Phi) is 4.77. The van der Waals surface area contributed by atoms with Crippen LogP contribution in [-0.2, 0) is 4.79 Å². The normalized spacial score (nSPS) is 10.6. The molecule has 2 rings (SSSR count). The molecule has 0 aliphatic rings. The van der Waals surface area contributed by atoms with Gasteiger partial charge in [0.05, 0.1) is 12.8 Å². The highest BCUT2D eigenvalue weighted by atomic mass is 16.5. The number of para-hydroxylation sites is 2. The van der Waals surface area contributed by atoms with Gasteiger partial charge in [0.15, 0.2) is 0 Å². The van der Waals surface area contributed by atoms with E-state index in [1.54, 1.807) is 7.11 Å². The molecule has 108 valence electrons. The maximum atomic E-state index is 12.0. The summed E-state index contributed by atoms with van der Waals surface area (Å²) in [5.41, 5.74) is 4.06. The van der Waals surface area contributed by atoms with Crippen LogP contribution in [0.2, 0.25) is 0 Å². The van der Waals surface area contributed by atoms with E-state index >= 15 is 0 Å². The summed E-state index contributed by atoms with van der Waals surface area (Å²) in [4.78, 5) is 12.0. The maximum absolute atomic E-state index is 12.0.